The van der Waals surface area contributed by atoms with Crippen LogP contribution >= 0.6 is 0 Å². The highest BCUT2D eigenvalue weighted by molar-refractivity contribution is 4.83. The summed E-state index contributed by atoms with van der Waals surface area (Å²) in [7, 11) is 0. The summed E-state index contributed by atoms with van der Waals surface area (Å²) >= 11 is 0. The van der Waals surface area contributed by atoms with E-state index in [1.165, 1.54) is 19.4 Å². The molecule has 0 aromatic carbocycles. The third-order valence-electron chi connectivity index (χ3n) is 2.87. The zero-order valence-corrected chi connectivity index (χ0v) is 10.2. The van der Waals surface area contributed by atoms with Crippen LogP contribution in [-0.4, -0.2) is 25.2 Å². The molecule has 2 nitrogen and oxygen atoms in total. The molecule has 1 saturated carbocycles. The summed E-state index contributed by atoms with van der Waals surface area (Å²) in [5.41, 5.74) is 0.269. The predicted octanol–water partition coefficient (Wildman–Crippen LogP) is 2.01. The number of hydrogen-bond donors (Lipinski definition) is 2. The normalized spacial score (nSPS) is 26.6. The Morgan fingerprint density at radius 2 is 1.86 bits per heavy atom. The third kappa shape index (κ3) is 5.61. The van der Waals surface area contributed by atoms with Gasteiger partial charge in [0.25, 0.3) is 0 Å². The van der Waals surface area contributed by atoms with E-state index in [9.17, 15) is 0 Å². The molecule has 0 heterocycles. The minimum Gasteiger partial charge on any atom is -0.316 e. The Morgan fingerprint density at radius 1 is 1.21 bits per heavy atom. The zero-order chi connectivity index (χ0) is 10.6. The topological polar surface area (TPSA) is 24.1 Å². The predicted molar refractivity (Wildman–Crippen MR) is 62.5 cm³/mol. The first kappa shape index (κ1) is 12.0. The molecule has 1 fully saturated rings. The van der Waals surface area contributed by atoms with Crippen molar-refractivity contribution in [2.45, 2.75) is 46.1 Å². The lowest BCUT2D eigenvalue weighted by Gasteiger charge is -2.20. The second kappa shape index (κ2) is 5.13. The van der Waals surface area contributed by atoms with E-state index in [1.54, 1.807) is 0 Å². The molecule has 0 saturated heterocycles. The van der Waals surface area contributed by atoms with Crippen LogP contribution in [0.25, 0.3) is 0 Å². The minimum atomic E-state index is 0.269. The molecule has 0 aliphatic heterocycles. The van der Waals surface area contributed by atoms with E-state index in [1.807, 2.05) is 0 Å². The second-order valence-electron chi connectivity index (χ2n) is 5.71. The van der Waals surface area contributed by atoms with Gasteiger partial charge >= 0.3 is 0 Å². The van der Waals surface area contributed by atoms with Crippen LogP contribution in [0.2, 0.25) is 0 Å². The van der Waals surface area contributed by atoms with Gasteiger partial charge in [-0.2, -0.15) is 0 Å². The van der Waals surface area contributed by atoms with Gasteiger partial charge in [0.15, 0.2) is 0 Å². The van der Waals surface area contributed by atoms with Crippen LogP contribution in [0.15, 0.2) is 0 Å². The first-order valence-corrected chi connectivity index (χ1v) is 5.95. The van der Waals surface area contributed by atoms with E-state index in [2.05, 4.69) is 38.3 Å². The summed E-state index contributed by atoms with van der Waals surface area (Å²) in [6.45, 7) is 12.5. The highest BCUT2D eigenvalue weighted by Crippen LogP contribution is 2.36. The number of hydrogen-bond acceptors (Lipinski definition) is 2. The van der Waals surface area contributed by atoms with Gasteiger partial charge in [0.05, 0.1) is 0 Å². The quantitative estimate of drug-likeness (QED) is 0.638. The standard InChI is InChI=1S/C12H26N2/c1-10-8-11(10)9-13-6-5-7-14-12(2,3)4/h10-11,13-14H,5-9H2,1-4H3. The maximum Gasteiger partial charge on any atom is 0.00965 e. The lowest BCUT2D eigenvalue weighted by Crippen LogP contribution is -2.37. The maximum absolute atomic E-state index is 3.52. The molecule has 1 aliphatic carbocycles. The Labute approximate surface area is 88.8 Å². The molecule has 0 bridgehead atoms. The molecule has 0 aromatic rings. The summed E-state index contributed by atoms with van der Waals surface area (Å²) < 4.78 is 0. The highest BCUT2D eigenvalue weighted by atomic mass is 14.9. The number of nitrogens with one attached hydrogen (secondary N) is 2. The van der Waals surface area contributed by atoms with Crippen LogP contribution in [0.4, 0.5) is 0 Å². The Hall–Kier alpha value is -0.0800. The molecule has 84 valence electrons. The fraction of sp³-hybridized carbons (Fsp3) is 1.00. The fourth-order valence-corrected chi connectivity index (χ4v) is 1.65. The molecule has 2 N–H and O–H groups in total. The molecule has 0 radical (unpaired) electrons. The van der Waals surface area contributed by atoms with Gasteiger partial charge < -0.3 is 10.6 Å². The smallest absolute Gasteiger partial charge is 0.00965 e. The van der Waals surface area contributed by atoms with Crippen molar-refractivity contribution in [1.82, 2.24) is 10.6 Å². The van der Waals surface area contributed by atoms with Crippen molar-refractivity contribution >= 4 is 0 Å². The van der Waals surface area contributed by atoms with Gasteiger partial charge in [-0.15, -0.1) is 0 Å². The molecule has 2 atom stereocenters. The molecule has 0 aromatic heterocycles. The van der Waals surface area contributed by atoms with Crippen LogP contribution in [0, 0.1) is 11.8 Å². The van der Waals surface area contributed by atoms with Gasteiger partial charge in [0.1, 0.15) is 0 Å². The lowest BCUT2D eigenvalue weighted by molar-refractivity contribution is 0.417. The van der Waals surface area contributed by atoms with Crippen LogP contribution in [0.5, 0.6) is 0 Å². The van der Waals surface area contributed by atoms with Crippen LogP contribution in [0.3, 0.4) is 0 Å². The average Bonchev–Trinajstić information content (AvgIpc) is 2.72. The Balaban J connectivity index is 1.80. The third-order valence-corrected chi connectivity index (χ3v) is 2.87. The summed E-state index contributed by atoms with van der Waals surface area (Å²) in [4.78, 5) is 0. The SMILES string of the molecule is CC1CC1CNCCCNC(C)(C)C. The molecular formula is C12H26N2. The van der Waals surface area contributed by atoms with Gasteiger partial charge in [0, 0.05) is 5.54 Å². The Kier molecular flexibility index (Phi) is 4.39. The van der Waals surface area contributed by atoms with E-state index in [-0.39, 0.29) is 5.54 Å². The highest BCUT2D eigenvalue weighted by Gasteiger charge is 2.31. The molecular weight excluding hydrogens is 172 g/mol. The van der Waals surface area contributed by atoms with Gasteiger partial charge in [-0.25, -0.2) is 0 Å². The monoisotopic (exact) mass is 198 g/mol. The van der Waals surface area contributed by atoms with E-state index in [4.69, 9.17) is 0 Å². The van der Waals surface area contributed by atoms with E-state index in [0.717, 1.165) is 24.9 Å². The van der Waals surface area contributed by atoms with Crippen molar-refractivity contribution in [2.24, 2.45) is 11.8 Å². The van der Waals surface area contributed by atoms with E-state index in [0.29, 0.717) is 0 Å². The van der Waals surface area contributed by atoms with Crippen molar-refractivity contribution in [2.75, 3.05) is 19.6 Å². The Morgan fingerprint density at radius 3 is 2.36 bits per heavy atom. The van der Waals surface area contributed by atoms with Gasteiger partial charge in [-0.3, -0.25) is 0 Å². The van der Waals surface area contributed by atoms with Crippen molar-refractivity contribution in [3.63, 3.8) is 0 Å². The summed E-state index contributed by atoms with van der Waals surface area (Å²) in [5, 5.41) is 7.02. The summed E-state index contributed by atoms with van der Waals surface area (Å²) in [5.74, 6) is 1.96. The van der Waals surface area contributed by atoms with Crippen molar-refractivity contribution in [3.05, 3.63) is 0 Å². The molecule has 2 unspecified atom stereocenters. The van der Waals surface area contributed by atoms with E-state index < -0.39 is 0 Å². The molecule has 2 heteroatoms. The largest absolute Gasteiger partial charge is 0.316 e. The maximum atomic E-state index is 3.52. The van der Waals surface area contributed by atoms with Crippen molar-refractivity contribution in [3.8, 4) is 0 Å². The summed E-state index contributed by atoms with van der Waals surface area (Å²) in [6.07, 6.45) is 2.67. The molecule has 1 aliphatic rings. The van der Waals surface area contributed by atoms with Gasteiger partial charge in [-0.05, 0) is 65.1 Å². The van der Waals surface area contributed by atoms with Crippen LogP contribution in [-0.2, 0) is 0 Å². The summed E-state index contributed by atoms with van der Waals surface area (Å²) in [6, 6.07) is 0. The first-order valence-electron chi connectivity index (χ1n) is 5.95. The molecule has 0 spiro atoms. The molecule has 0 amide bonds. The fourth-order valence-electron chi connectivity index (χ4n) is 1.65. The second-order valence-corrected chi connectivity index (χ2v) is 5.71. The first-order chi connectivity index (χ1) is 6.49. The van der Waals surface area contributed by atoms with Gasteiger partial charge in [0.2, 0.25) is 0 Å². The van der Waals surface area contributed by atoms with E-state index >= 15 is 0 Å². The van der Waals surface area contributed by atoms with Crippen molar-refractivity contribution in [1.29, 1.82) is 0 Å². The van der Waals surface area contributed by atoms with Crippen LogP contribution in [0.1, 0.15) is 40.5 Å². The molecule has 14 heavy (non-hydrogen) atoms. The van der Waals surface area contributed by atoms with Gasteiger partial charge in [-0.1, -0.05) is 6.92 Å². The minimum absolute atomic E-state index is 0.269. The lowest BCUT2D eigenvalue weighted by atomic mass is 10.1. The number of rotatable bonds is 6. The Bertz CT molecular complexity index is 160. The zero-order valence-electron chi connectivity index (χ0n) is 10.2. The molecule has 1 rings (SSSR count). The van der Waals surface area contributed by atoms with Crippen LogP contribution < -0.4 is 10.6 Å². The average molecular weight is 198 g/mol. The van der Waals surface area contributed by atoms with Crippen molar-refractivity contribution < 1.29 is 0 Å².